The zero-order chi connectivity index (χ0) is 20.0. The van der Waals surface area contributed by atoms with E-state index in [1.807, 2.05) is 11.9 Å². The zero-order valence-electron chi connectivity index (χ0n) is 17.5. The molecular weight excluding hydrogens is 364 g/mol. The molecule has 0 radical (unpaired) electrons. The van der Waals surface area contributed by atoms with Crippen molar-refractivity contribution in [2.45, 2.75) is 51.4 Å². The highest BCUT2D eigenvalue weighted by Gasteiger charge is 2.32. The Morgan fingerprint density at radius 2 is 2.03 bits per heavy atom. The van der Waals surface area contributed by atoms with Gasteiger partial charge in [-0.2, -0.15) is 5.10 Å². The average Bonchev–Trinajstić information content (AvgIpc) is 3.45. The van der Waals surface area contributed by atoms with Crippen LogP contribution in [0.4, 0.5) is 5.82 Å². The average molecular weight is 395 g/mol. The van der Waals surface area contributed by atoms with E-state index >= 15 is 0 Å². The van der Waals surface area contributed by atoms with E-state index < -0.39 is 0 Å². The lowest BCUT2D eigenvalue weighted by atomic mass is 9.95. The van der Waals surface area contributed by atoms with Crippen LogP contribution in [-0.4, -0.2) is 56.7 Å². The summed E-state index contributed by atoms with van der Waals surface area (Å²) in [5, 5.41) is 4.15. The van der Waals surface area contributed by atoms with Crippen LogP contribution >= 0.6 is 0 Å². The molecule has 0 N–H and O–H groups in total. The topological polar surface area (TPSA) is 67.2 Å². The first-order valence-electron chi connectivity index (χ1n) is 11.0. The summed E-state index contributed by atoms with van der Waals surface area (Å²) in [6.07, 6.45) is 8.69. The highest BCUT2D eigenvalue weighted by atomic mass is 16.2. The van der Waals surface area contributed by atoms with E-state index in [1.54, 1.807) is 16.9 Å². The van der Waals surface area contributed by atoms with Gasteiger partial charge in [0, 0.05) is 56.6 Å². The first-order valence-corrected chi connectivity index (χ1v) is 11.0. The zero-order valence-corrected chi connectivity index (χ0v) is 17.5. The van der Waals surface area contributed by atoms with Crippen LogP contribution in [0.2, 0.25) is 0 Å². The van der Waals surface area contributed by atoms with E-state index in [9.17, 15) is 4.79 Å². The van der Waals surface area contributed by atoms with E-state index in [2.05, 4.69) is 16.9 Å². The maximum absolute atomic E-state index is 13.0. The number of fused-ring (bicyclic) bond motifs is 1. The van der Waals surface area contributed by atoms with Gasteiger partial charge < -0.3 is 9.80 Å². The second-order valence-electron chi connectivity index (χ2n) is 8.89. The third-order valence-corrected chi connectivity index (χ3v) is 6.65. The van der Waals surface area contributed by atoms with Crippen LogP contribution in [-0.2, 0) is 13.5 Å². The van der Waals surface area contributed by atoms with Gasteiger partial charge in [0.25, 0.3) is 5.91 Å². The lowest BCUT2D eigenvalue weighted by Gasteiger charge is -2.34. The Labute approximate surface area is 172 Å². The fraction of sp³-hybridized carbons (Fsp3) is 0.636. The molecule has 2 fully saturated rings. The largest absolute Gasteiger partial charge is 0.356 e. The van der Waals surface area contributed by atoms with Gasteiger partial charge in [0.2, 0.25) is 0 Å². The minimum absolute atomic E-state index is 0.0553. The van der Waals surface area contributed by atoms with Crippen molar-refractivity contribution in [2.75, 3.05) is 31.1 Å². The number of carbonyl (C=O) groups is 1. The second-order valence-corrected chi connectivity index (χ2v) is 8.89. The maximum Gasteiger partial charge on any atom is 0.272 e. The van der Waals surface area contributed by atoms with Gasteiger partial charge in [-0.05, 0) is 57.4 Å². The van der Waals surface area contributed by atoms with Crippen LogP contribution in [0.3, 0.4) is 0 Å². The van der Waals surface area contributed by atoms with Crippen LogP contribution in [0, 0.1) is 12.8 Å². The van der Waals surface area contributed by atoms with Crippen LogP contribution in [0.15, 0.2) is 12.3 Å². The molecule has 154 valence electrons. The molecule has 3 aliphatic rings. The third kappa shape index (κ3) is 3.63. The van der Waals surface area contributed by atoms with E-state index in [-0.39, 0.29) is 11.8 Å². The highest BCUT2D eigenvalue weighted by Crippen LogP contribution is 2.36. The van der Waals surface area contributed by atoms with Crippen LogP contribution in [0.5, 0.6) is 0 Å². The number of hydrogen-bond donors (Lipinski definition) is 0. The third-order valence-electron chi connectivity index (χ3n) is 6.65. The van der Waals surface area contributed by atoms with Crippen molar-refractivity contribution >= 4 is 11.7 Å². The summed E-state index contributed by atoms with van der Waals surface area (Å²) < 4.78 is 1.65. The molecule has 0 unspecified atom stereocenters. The van der Waals surface area contributed by atoms with Crippen molar-refractivity contribution in [2.24, 2.45) is 13.0 Å². The number of piperidine rings is 1. The number of carbonyl (C=O) groups excluding carboxylic acids is 1. The van der Waals surface area contributed by atoms with Gasteiger partial charge in [-0.3, -0.25) is 9.48 Å². The molecule has 0 aromatic carbocycles. The molecular formula is C22H30N6O. The molecule has 0 spiro atoms. The Balaban J connectivity index is 1.39. The number of aromatic nitrogens is 4. The van der Waals surface area contributed by atoms with E-state index in [1.165, 1.54) is 30.6 Å². The van der Waals surface area contributed by atoms with E-state index in [0.29, 0.717) is 12.2 Å². The van der Waals surface area contributed by atoms with Crippen molar-refractivity contribution in [3.05, 3.63) is 35.0 Å². The van der Waals surface area contributed by atoms with E-state index in [0.717, 1.165) is 56.3 Å². The van der Waals surface area contributed by atoms with Crippen molar-refractivity contribution in [3.8, 4) is 0 Å². The number of anilines is 1. The number of aryl methyl sites for hydroxylation is 2. The number of amides is 1. The molecule has 2 aliphatic heterocycles. The molecule has 1 amide bonds. The predicted octanol–water partition coefficient (Wildman–Crippen LogP) is 2.70. The number of hydrogen-bond acceptors (Lipinski definition) is 5. The smallest absolute Gasteiger partial charge is 0.272 e. The Bertz CT molecular complexity index is 918. The van der Waals surface area contributed by atoms with Crippen LogP contribution in [0.25, 0.3) is 0 Å². The lowest BCUT2D eigenvalue weighted by molar-refractivity contribution is 0.0693. The molecule has 1 saturated carbocycles. The lowest BCUT2D eigenvalue weighted by Crippen LogP contribution is -2.40. The van der Waals surface area contributed by atoms with Crippen LogP contribution < -0.4 is 4.90 Å². The summed E-state index contributed by atoms with van der Waals surface area (Å²) in [6.45, 7) is 5.85. The summed E-state index contributed by atoms with van der Waals surface area (Å²) >= 11 is 0. The van der Waals surface area contributed by atoms with E-state index in [4.69, 9.17) is 9.97 Å². The van der Waals surface area contributed by atoms with Gasteiger partial charge in [-0.1, -0.05) is 0 Å². The first-order chi connectivity index (χ1) is 14.1. The van der Waals surface area contributed by atoms with Crippen molar-refractivity contribution < 1.29 is 4.79 Å². The molecule has 1 atom stereocenters. The highest BCUT2D eigenvalue weighted by molar-refractivity contribution is 5.92. The van der Waals surface area contributed by atoms with Gasteiger partial charge in [0.15, 0.2) is 0 Å². The molecule has 7 heteroatoms. The van der Waals surface area contributed by atoms with Gasteiger partial charge in [0.05, 0.1) is 0 Å². The molecule has 2 aromatic heterocycles. The summed E-state index contributed by atoms with van der Waals surface area (Å²) in [4.78, 5) is 27.4. The Morgan fingerprint density at radius 3 is 2.79 bits per heavy atom. The molecule has 0 bridgehead atoms. The van der Waals surface area contributed by atoms with Crippen molar-refractivity contribution in [1.29, 1.82) is 0 Å². The Hall–Kier alpha value is -2.44. The molecule has 1 aliphatic carbocycles. The summed E-state index contributed by atoms with van der Waals surface area (Å²) in [5.74, 6) is 3.20. The predicted molar refractivity (Wildman–Crippen MR) is 111 cm³/mol. The fourth-order valence-corrected chi connectivity index (χ4v) is 4.80. The van der Waals surface area contributed by atoms with Crippen molar-refractivity contribution in [1.82, 2.24) is 24.6 Å². The number of rotatable bonds is 4. The van der Waals surface area contributed by atoms with Crippen LogP contribution in [0.1, 0.15) is 65.6 Å². The maximum atomic E-state index is 13.0. The minimum Gasteiger partial charge on any atom is -0.356 e. The molecule has 2 aromatic rings. The first kappa shape index (κ1) is 18.6. The van der Waals surface area contributed by atoms with Gasteiger partial charge >= 0.3 is 0 Å². The Kier molecular flexibility index (Phi) is 4.76. The molecule has 29 heavy (non-hydrogen) atoms. The normalized spacial score (nSPS) is 21.9. The monoisotopic (exact) mass is 394 g/mol. The second kappa shape index (κ2) is 7.43. The standard InChI is InChI=1S/C22H30N6O/c1-15-18-6-4-11-27(13-16-7-8-16)21(18)25-20(24-15)17-5-3-12-28(14-17)22(29)19-9-10-23-26(19)2/h9-10,16-17H,3-8,11-14H2,1-2H3/t17-/m0/s1. The minimum atomic E-state index is 0.0553. The Morgan fingerprint density at radius 1 is 1.17 bits per heavy atom. The number of nitrogens with zero attached hydrogens (tertiary/aromatic N) is 6. The van der Waals surface area contributed by atoms with Gasteiger partial charge in [-0.25, -0.2) is 9.97 Å². The summed E-state index contributed by atoms with van der Waals surface area (Å²) in [7, 11) is 1.82. The molecule has 5 rings (SSSR count). The summed E-state index contributed by atoms with van der Waals surface area (Å²) in [5.41, 5.74) is 3.10. The fourth-order valence-electron chi connectivity index (χ4n) is 4.80. The molecule has 4 heterocycles. The number of likely N-dealkylation sites (tertiary alicyclic amines) is 1. The molecule has 7 nitrogen and oxygen atoms in total. The van der Waals surface area contributed by atoms with Gasteiger partial charge in [-0.15, -0.1) is 0 Å². The molecule has 1 saturated heterocycles. The van der Waals surface area contributed by atoms with Gasteiger partial charge in [0.1, 0.15) is 17.3 Å². The van der Waals surface area contributed by atoms with Crippen molar-refractivity contribution in [3.63, 3.8) is 0 Å². The quantitative estimate of drug-likeness (QED) is 0.798. The summed E-state index contributed by atoms with van der Waals surface area (Å²) in [6, 6.07) is 1.79. The SMILES string of the molecule is Cc1nc([C@H]2CCCN(C(=O)c3ccnn3C)C2)nc2c1CCCN2CC1CC1.